The van der Waals surface area contributed by atoms with Crippen LogP contribution in [-0.2, 0) is 11.3 Å². The smallest absolute Gasteiger partial charge is 0.200 e. The van der Waals surface area contributed by atoms with Crippen molar-refractivity contribution in [3.8, 4) is 0 Å². The van der Waals surface area contributed by atoms with E-state index in [4.69, 9.17) is 0 Å². The van der Waals surface area contributed by atoms with Gasteiger partial charge in [-0.15, -0.1) is 0 Å². The van der Waals surface area contributed by atoms with Gasteiger partial charge in [0.1, 0.15) is 0 Å². The molecular weight excluding hydrogens is 259 g/mol. The third kappa shape index (κ3) is 2.78. The van der Waals surface area contributed by atoms with Crippen LogP contribution in [0.1, 0.15) is 19.4 Å². The van der Waals surface area contributed by atoms with E-state index in [0.717, 1.165) is 0 Å². The first-order valence-electron chi connectivity index (χ1n) is 5.07. The normalized spacial score (nSPS) is 13.2. The summed E-state index contributed by atoms with van der Waals surface area (Å²) in [4.78, 5) is 0. The molecule has 0 radical (unpaired) electrons. The van der Waals surface area contributed by atoms with Crippen LogP contribution < -0.4 is 0 Å². The van der Waals surface area contributed by atoms with Crippen LogP contribution in [0.3, 0.4) is 0 Å². The first kappa shape index (κ1) is 14.8. The number of hydrogen-bond acceptors (Lipinski definition) is 2. The number of hydrogen-bond donors (Lipinski definition) is 1. The van der Waals surface area contributed by atoms with E-state index < -0.39 is 47.5 Å². The molecule has 2 nitrogen and oxygen atoms in total. The van der Waals surface area contributed by atoms with E-state index in [2.05, 4.69) is 4.74 Å². The summed E-state index contributed by atoms with van der Waals surface area (Å²) >= 11 is 0. The highest BCUT2D eigenvalue weighted by Gasteiger charge is 2.26. The van der Waals surface area contributed by atoms with Crippen LogP contribution >= 0.6 is 0 Å². The zero-order valence-electron chi connectivity index (χ0n) is 9.61. The van der Waals surface area contributed by atoms with E-state index in [1.54, 1.807) is 13.8 Å². The van der Waals surface area contributed by atoms with Crippen molar-refractivity contribution in [1.82, 2.24) is 0 Å². The van der Waals surface area contributed by atoms with Gasteiger partial charge in [0.2, 0.25) is 5.82 Å². The van der Waals surface area contributed by atoms with Crippen molar-refractivity contribution in [2.75, 3.05) is 0 Å². The number of benzene rings is 1. The summed E-state index contributed by atoms with van der Waals surface area (Å²) in [6, 6.07) is 0. The van der Waals surface area contributed by atoms with E-state index >= 15 is 0 Å². The van der Waals surface area contributed by atoms with Crippen molar-refractivity contribution >= 4 is 0 Å². The summed E-state index contributed by atoms with van der Waals surface area (Å²) in [5, 5.41) is 9.23. The fourth-order valence-corrected chi connectivity index (χ4v) is 1.14. The largest absolute Gasteiger partial charge is 0.368 e. The molecule has 0 aliphatic rings. The highest BCUT2D eigenvalue weighted by Crippen LogP contribution is 2.24. The Balaban J connectivity index is 3.03. The van der Waals surface area contributed by atoms with Gasteiger partial charge in [-0.05, 0) is 0 Å². The molecule has 18 heavy (non-hydrogen) atoms. The first-order valence-corrected chi connectivity index (χ1v) is 5.07. The SMILES string of the molecule is CC(C)C(O)OCc1c(F)c(F)c(F)c(F)c1F. The Hall–Kier alpha value is -1.21. The van der Waals surface area contributed by atoms with E-state index in [-0.39, 0.29) is 5.92 Å². The lowest BCUT2D eigenvalue weighted by Gasteiger charge is -2.16. The standard InChI is InChI=1S/C11H11F5O2/c1-4(2)11(17)18-3-5-6(12)8(14)10(16)9(15)7(5)13/h4,11,17H,3H2,1-2H3. The minimum atomic E-state index is -2.22. The Kier molecular flexibility index (Phi) is 4.64. The molecule has 0 spiro atoms. The highest BCUT2D eigenvalue weighted by atomic mass is 19.2. The quantitative estimate of drug-likeness (QED) is 0.394. The molecule has 7 heteroatoms. The molecule has 0 saturated heterocycles. The van der Waals surface area contributed by atoms with Gasteiger partial charge >= 0.3 is 0 Å². The topological polar surface area (TPSA) is 29.5 Å². The molecule has 1 N–H and O–H groups in total. The Morgan fingerprint density at radius 1 is 0.889 bits per heavy atom. The zero-order chi connectivity index (χ0) is 14.0. The van der Waals surface area contributed by atoms with E-state index in [1.165, 1.54) is 0 Å². The first-order chi connectivity index (χ1) is 8.27. The second-order valence-electron chi connectivity index (χ2n) is 3.99. The lowest BCUT2D eigenvalue weighted by Crippen LogP contribution is -2.20. The van der Waals surface area contributed by atoms with E-state index in [0.29, 0.717) is 0 Å². The average molecular weight is 270 g/mol. The molecule has 0 aromatic heterocycles. The lowest BCUT2D eigenvalue weighted by molar-refractivity contribution is -0.135. The minimum Gasteiger partial charge on any atom is -0.368 e. The maximum Gasteiger partial charge on any atom is 0.200 e. The van der Waals surface area contributed by atoms with Gasteiger partial charge in [-0.2, -0.15) is 0 Å². The maximum absolute atomic E-state index is 13.2. The number of ether oxygens (including phenoxy) is 1. The molecule has 0 amide bonds. The van der Waals surface area contributed by atoms with Crippen molar-refractivity contribution in [3.63, 3.8) is 0 Å². The van der Waals surface area contributed by atoms with Crippen molar-refractivity contribution in [3.05, 3.63) is 34.6 Å². The van der Waals surface area contributed by atoms with Crippen LogP contribution in [0.15, 0.2) is 0 Å². The molecule has 1 atom stereocenters. The van der Waals surface area contributed by atoms with Gasteiger partial charge in [-0.1, -0.05) is 13.8 Å². The van der Waals surface area contributed by atoms with Crippen molar-refractivity contribution in [1.29, 1.82) is 0 Å². The van der Waals surface area contributed by atoms with Gasteiger partial charge in [-0.25, -0.2) is 22.0 Å². The van der Waals surface area contributed by atoms with Crippen LogP contribution in [0, 0.1) is 35.0 Å². The van der Waals surface area contributed by atoms with Crippen molar-refractivity contribution < 1.29 is 31.8 Å². The predicted molar refractivity (Wildman–Crippen MR) is 51.9 cm³/mol. The molecule has 102 valence electrons. The van der Waals surface area contributed by atoms with E-state index in [1.807, 2.05) is 0 Å². The van der Waals surface area contributed by atoms with Crippen LogP contribution in [-0.4, -0.2) is 11.4 Å². The molecule has 0 aliphatic heterocycles. The summed E-state index contributed by atoms with van der Waals surface area (Å²) < 4.78 is 69.3. The summed E-state index contributed by atoms with van der Waals surface area (Å²) in [6.07, 6.45) is -1.36. The number of halogens is 5. The molecule has 0 heterocycles. The summed E-state index contributed by atoms with van der Waals surface area (Å²) in [7, 11) is 0. The van der Waals surface area contributed by atoms with E-state index in [9.17, 15) is 27.1 Å². The van der Waals surface area contributed by atoms with Gasteiger partial charge in [0.25, 0.3) is 0 Å². The van der Waals surface area contributed by atoms with Gasteiger partial charge < -0.3 is 9.84 Å². The third-order valence-corrected chi connectivity index (χ3v) is 2.27. The Morgan fingerprint density at radius 3 is 1.67 bits per heavy atom. The molecule has 1 unspecified atom stereocenters. The monoisotopic (exact) mass is 270 g/mol. The average Bonchev–Trinajstić information content (AvgIpc) is 2.33. The Bertz CT molecular complexity index is 419. The lowest BCUT2D eigenvalue weighted by atomic mass is 10.1. The maximum atomic E-state index is 13.2. The predicted octanol–water partition coefficient (Wildman–Crippen LogP) is 2.87. The molecule has 0 saturated carbocycles. The Labute approximate surface area is 100.0 Å². The fraction of sp³-hybridized carbons (Fsp3) is 0.455. The summed E-state index contributed by atoms with van der Waals surface area (Å²) in [5.41, 5.74) is -1.11. The van der Waals surface area contributed by atoms with Crippen LogP contribution in [0.25, 0.3) is 0 Å². The number of rotatable bonds is 4. The highest BCUT2D eigenvalue weighted by molar-refractivity contribution is 5.23. The van der Waals surface area contributed by atoms with Crippen LogP contribution in [0.5, 0.6) is 0 Å². The molecule has 1 aromatic carbocycles. The second kappa shape index (κ2) is 5.62. The Morgan fingerprint density at radius 2 is 1.28 bits per heavy atom. The van der Waals surface area contributed by atoms with Gasteiger partial charge in [0.05, 0.1) is 12.2 Å². The fourth-order valence-electron chi connectivity index (χ4n) is 1.14. The molecule has 0 aliphatic carbocycles. The summed E-state index contributed by atoms with van der Waals surface area (Å²) in [6.45, 7) is 2.21. The molecule has 1 rings (SSSR count). The van der Waals surface area contributed by atoms with Crippen LogP contribution in [0.2, 0.25) is 0 Å². The van der Waals surface area contributed by atoms with Crippen molar-refractivity contribution in [2.24, 2.45) is 5.92 Å². The van der Waals surface area contributed by atoms with Gasteiger partial charge in [-0.3, -0.25) is 0 Å². The number of aliphatic hydroxyl groups excluding tert-OH is 1. The third-order valence-electron chi connectivity index (χ3n) is 2.27. The van der Waals surface area contributed by atoms with Crippen LogP contribution in [0.4, 0.5) is 22.0 Å². The molecule has 1 aromatic rings. The second-order valence-corrected chi connectivity index (χ2v) is 3.99. The molecule has 0 bridgehead atoms. The van der Waals surface area contributed by atoms with Gasteiger partial charge in [0, 0.05) is 5.92 Å². The molecular formula is C11H11F5O2. The number of aliphatic hydroxyl groups is 1. The van der Waals surface area contributed by atoms with Gasteiger partial charge in [0.15, 0.2) is 29.6 Å². The zero-order valence-corrected chi connectivity index (χ0v) is 9.61. The summed E-state index contributed by atoms with van der Waals surface area (Å²) in [5.74, 6) is -10.6. The minimum absolute atomic E-state index is 0.383. The molecule has 0 fully saturated rings. The van der Waals surface area contributed by atoms with Crippen molar-refractivity contribution in [2.45, 2.75) is 26.7 Å².